The van der Waals surface area contributed by atoms with Crippen LogP contribution < -0.4 is 31.9 Å². The van der Waals surface area contributed by atoms with Crippen molar-refractivity contribution in [2.45, 2.75) is 170 Å². The van der Waals surface area contributed by atoms with Gasteiger partial charge in [-0.3, -0.25) is 71.9 Å². The van der Waals surface area contributed by atoms with Crippen LogP contribution in [-0.2, 0) is 95.6 Å². The fraction of sp³-hybridized carbons (Fsp3) is 0.427. The van der Waals surface area contributed by atoms with Crippen molar-refractivity contribution in [3.8, 4) is 33.4 Å². The van der Waals surface area contributed by atoms with Gasteiger partial charge < -0.3 is 60.7 Å². The first kappa shape index (κ1) is 91.2. The van der Waals surface area contributed by atoms with Crippen molar-refractivity contribution in [2.75, 3.05) is 39.6 Å². The molecule has 0 fully saturated rings. The molecule has 9 atom stereocenters. The van der Waals surface area contributed by atoms with Gasteiger partial charge in [0, 0.05) is 79.4 Å². The van der Waals surface area contributed by atoms with Crippen LogP contribution in [0.5, 0.6) is 0 Å². The highest BCUT2D eigenvalue weighted by molar-refractivity contribution is 5.96. The van der Waals surface area contributed by atoms with Gasteiger partial charge in [-0.25, -0.2) is 0 Å². The number of fused-ring (bicyclic) bond motifs is 9. The largest absolute Gasteiger partial charge is 0.480 e. The molecule has 0 saturated carbocycles. The van der Waals surface area contributed by atoms with Crippen LogP contribution in [0.3, 0.4) is 0 Å². The third kappa shape index (κ3) is 26.5. The van der Waals surface area contributed by atoms with Crippen LogP contribution in [0.4, 0.5) is 0 Å². The number of amides is 6. The summed E-state index contributed by atoms with van der Waals surface area (Å²) in [5.74, 6) is -12.2. The molecule has 0 heterocycles. The monoisotopic (exact) mass is 1590 g/mol. The van der Waals surface area contributed by atoms with Crippen molar-refractivity contribution in [3.63, 3.8) is 0 Å². The Morgan fingerprint density at radius 1 is 0.328 bits per heavy atom. The number of hydrogen-bond donors (Lipinski definition) is 7. The molecule has 3 aliphatic rings. The number of esters is 5. The molecule has 3 aliphatic carbocycles. The first-order valence-corrected chi connectivity index (χ1v) is 38.8. The number of hydrogen-bond acceptors (Lipinski definition) is 20. The molecular weight excluding hydrogens is 1490 g/mol. The number of nitrogens with one attached hydrogen (secondary N) is 6. The zero-order chi connectivity index (χ0) is 85.3. The predicted octanol–water partition coefficient (Wildman–Crippen LogP) is 9.70. The molecule has 27 nitrogen and oxygen atoms in total. The lowest BCUT2D eigenvalue weighted by molar-refractivity contribution is -0.155. The van der Waals surface area contributed by atoms with Gasteiger partial charge in [0.15, 0.2) is 24.1 Å². The van der Waals surface area contributed by atoms with E-state index in [1.54, 1.807) is 55.4 Å². The van der Waals surface area contributed by atoms with Gasteiger partial charge in [0.05, 0.1) is 37.4 Å². The van der Waals surface area contributed by atoms with Crippen molar-refractivity contribution >= 4 is 88.6 Å². The van der Waals surface area contributed by atoms with Crippen LogP contribution in [0.1, 0.15) is 180 Å². The summed E-state index contributed by atoms with van der Waals surface area (Å²) < 4.78 is 26.5. The second-order valence-electron chi connectivity index (χ2n) is 30.7. The Morgan fingerprint density at radius 2 is 0.569 bits per heavy atom. The maximum absolute atomic E-state index is 12.7. The highest BCUT2D eigenvalue weighted by atomic mass is 16.6. The number of carbonyl (C=O) groups is 15. The van der Waals surface area contributed by atoms with Crippen LogP contribution in [0.15, 0.2) is 146 Å². The topological polar surface area (TPSA) is 395 Å². The number of carboxylic acid groups (broad SMARTS) is 1. The van der Waals surface area contributed by atoms with Gasteiger partial charge in [-0.15, -0.1) is 0 Å². The molecule has 0 radical (unpaired) electrons. The van der Waals surface area contributed by atoms with Crippen molar-refractivity contribution < 1.29 is 101 Å². The minimum Gasteiger partial charge on any atom is -0.480 e. The smallest absolute Gasteiger partial charge is 0.325 e. The summed E-state index contributed by atoms with van der Waals surface area (Å²) in [6, 6.07) is 45.6. The van der Waals surface area contributed by atoms with Gasteiger partial charge in [-0.1, -0.05) is 187 Å². The Labute approximate surface area is 675 Å². The fourth-order valence-corrected chi connectivity index (χ4v) is 13.5. The van der Waals surface area contributed by atoms with Crippen molar-refractivity contribution in [2.24, 2.45) is 35.5 Å². The lowest BCUT2D eigenvalue weighted by Gasteiger charge is -2.20. The van der Waals surface area contributed by atoms with Gasteiger partial charge in [-0.05, 0) is 108 Å². The van der Waals surface area contributed by atoms with Crippen LogP contribution >= 0.6 is 0 Å². The molecular formula is C89H106N6O21. The van der Waals surface area contributed by atoms with E-state index in [9.17, 15) is 71.9 Å². The minimum atomic E-state index is -1.18. The van der Waals surface area contributed by atoms with Crippen molar-refractivity contribution in [1.29, 1.82) is 0 Å². The zero-order valence-electron chi connectivity index (χ0n) is 67.9. The number of Topliss-reactive ketones (excluding diaryl/α,β-unsaturated/α-hetero) is 3. The summed E-state index contributed by atoms with van der Waals surface area (Å²) >= 11 is 0. The van der Waals surface area contributed by atoms with E-state index in [0.29, 0.717) is 0 Å². The summed E-state index contributed by atoms with van der Waals surface area (Å²) in [5, 5.41) is 23.6. The second-order valence-corrected chi connectivity index (χ2v) is 30.7. The summed E-state index contributed by atoms with van der Waals surface area (Å²) in [6.07, 6.45) is -0.787. The highest BCUT2D eigenvalue weighted by Gasteiger charge is 2.35. The molecule has 0 aliphatic heterocycles. The summed E-state index contributed by atoms with van der Waals surface area (Å²) in [5.41, 5.74) is 12.7. The fourth-order valence-electron chi connectivity index (χ4n) is 13.5. The number of rotatable bonds is 36. The molecule has 0 saturated heterocycles. The lowest BCUT2D eigenvalue weighted by Crippen LogP contribution is -2.43. The van der Waals surface area contributed by atoms with Gasteiger partial charge >= 0.3 is 35.8 Å². The van der Waals surface area contributed by atoms with E-state index in [2.05, 4.69) is 60.9 Å². The molecule has 0 unspecified atom stereocenters. The average Bonchev–Trinajstić information content (AvgIpc) is 1.63. The number of carboxylic acids is 1. The third-order valence-electron chi connectivity index (χ3n) is 20.0. The predicted molar refractivity (Wildman–Crippen MR) is 429 cm³/mol. The minimum absolute atomic E-state index is 0.0682. The van der Waals surface area contributed by atoms with Gasteiger partial charge in [0.25, 0.3) is 0 Å². The number of carbonyl (C=O) groups excluding carboxylic acids is 14. The Morgan fingerprint density at radius 3 is 0.819 bits per heavy atom. The lowest BCUT2D eigenvalue weighted by atomic mass is 9.98. The molecule has 618 valence electrons. The second kappa shape index (κ2) is 42.9. The Kier molecular flexibility index (Phi) is 33.7. The average molecular weight is 1600 g/mol. The van der Waals surface area contributed by atoms with E-state index in [1.807, 2.05) is 121 Å². The molecule has 6 amide bonds. The van der Waals surface area contributed by atoms with E-state index in [-0.39, 0.29) is 107 Å². The normalized spacial score (nSPS) is 14.5. The maximum atomic E-state index is 12.7. The summed E-state index contributed by atoms with van der Waals surface area (Å²) in [6.45, 7) is 19.8. The van der Waals surface area contributed by atoms with E-state index in [1.165, 1.54) is 34.6 Å². The van der Waals surface area contributed by atoms with E-state index in [4.69, 9.17) is 24.1 Å². The molecule has 6 aromatic carbocycles. The number of aliphatic carboxylic acids is 1. The third-order valence-corrected chi connectivity index (χ3v) is 20.0. The van der Waals surface area contributed by atoms with E-state index in [0.717, 1.165) is 66.8 Å². The van der Waals surface area contributed by atoms with E-state index >= 15 is 0 Å². The van der Waals surface area contributed by atoms with Crippen LogP contribution in [0.25, 0.3) is 33.4 Å². The zero-order valence-corrected chi connectivity index (χ0v) is 67.9. The number of ketones is 3. The Bertz CT molecular complexity index is 4470. The van der Waals surface area contributed by atoms with Crippen molar-refractivity contribution in [1.82, 2.24) is 31.9 Å². The molecule has 0 spiro atoms. The van der Waals surface area contributed by atoms with Crippen molar-refractivity contribution in [3.05, 3.63) is 179 Å². The molecule has 0 bridgehead atoms. The first-order chi connectivity index (χ1) is 54.9. The van der Waals surface area contributed by atoms with Gasteiger partial charge in [0.2, 0.25) is 35.4 Å². The molecule has 6 aromatic rings. The van der Waals surface area contributed by atoms with Crippen LogP contribution in [0, 0.1) is 35.5 Å². The standard InChI is InChI=1S/C32H40N2O7.C29H34N2O7.C28H32N2O7/c1-19(30(38)33-17-29(37)41-32(4,5)6)15-27(35)21(3)34-31(39)20(2)16-28(36)40-18-26-24-13-9-7-11-22(24)23-12-8-10-14-25(23)26;1-17(28(35)30-16-38-20(4)32)13-26(33)19(3)31-29(36)18(2)14-27(34)37-15-25-23-11-7-5-9-21(23)22-10-6-8-12-24(22)25;1-16(27(35)29-14-25(32)33)12-24(31)18(3)30-28(36)17(2)13-26(34)37-15-23-21-10-6-4-8-19(21)20-9-5-7-11-22(20)23/h7-14,19-21,26H,15-18H2,1-6H3,(H,33,38)(H,34,39);5-12,17-19,25H,13-16H2,1-4H3,(H,30,35)(H,31,36);4-11,16-18,23H,12-15H2,1-3H3,(H,29,35)(H,30,36)(H,32,33)/t19-,20-,21-;17-,18-,19-;16-,17-,18-/m111/s1. The first-order valence-electron chi connectivity index (χ1n) is 38.8. The molecule has 7 N–H and O–H groups in total. The van der Waals surface area contributed by atoms with E-state index < -0.39 is 137 Å². The summed E-state index contributed by atoms with van der Waals surface area (Å²) in [4.78, 5) is 182. The SMILES string of the molecule is CC(=O)OCNC(=O)[C@H](C)CC(=O)[C@@H](C)NC(=O)[C@H](C)CC(=O)OCC1c2ccccc2-c2ccccc21.C[C@H](CC(=O)[C@@H](C)NC(=O)[C@H](C)CC(=O)OCC1c2ccccc2-c2ccccc21)C(=O)NCC(=O)O.C[C@H](CC(=O)[C@@H](C)NC(=O)[C@H](C)CC(=O)OCC1c2ccccc2-c2ccccc21)C(=O)NCC(=O)OC(C)(C)C. The molecule has 116 heavy (non-hydrogen) atoms. The quantitative estimate of drug-likeness (QED) is 0.0109. The Hall–Kier alpha value is -12.0. The van der Waals surface area contributed by atoms with Gasteiger partial charge in [-0.2, -0.15) is 0 Å². The molecule has 27 heteroatoms. The number of benzene rings is 6. The molecule has 0 aromatic heterocycles. The maximum Gasteiger partial charge on any atom is 0.325 e. The highest BCUT2D eigenvalue weighted by Crippen LogP contribution is 2.47. The molecule has 9 rings (SSSR count). The summed E-state index contributed by atoms with van der Waals surface area (Å²) in [7, 11) is 0. The Balaban J connectivity index is 0.000000241. The number of ether oxygens (including phenoxy) is 5. The van der Waals surface area contributed by atoms with Crippen LogP contribution in [-0.4, -0.2) is 157 Å². The van der Waals surface area contributed by atoms with Gasteiger partial charge in [0.1, 0.15) is 38.5 Å². The van der Waals surface area contributed by atoms with Crippen LogP contribution in [0.2, 0.25) is 0 Å².